The monoisotopic (exact) mass is 822 g/mol. The van der Waals surface area contributed by atoms with Gasteiger partial charge in [-0.2, -0.15) is 52.7 Å². The Morgan fingerprint density at radius 3 is 1.27 bits per heavy atom. The molecule has 1 spiro atoms. The molecule has 2 saturated heterocycles. The lowest BCUT2D eigenvalue weighted by atomic mass is 9.71. The second-order valence-electron chi connectivity index (χ2n) is 11.4. The number of ether oxygens (including phenoxy) is 1. The predicted octanol–water partition coefficient (Wildman–Crippen LogP) is 5.37. The Bertz CT molecular complexity index is 1370. The van der Waals surface area contributed by atoms with Gasteiger partial charge in [-0.15, -0.1) is 0 Å². The van der Waals surface area contributed by atoms with E-state index in [1.165, 1.54) is 30.5 Å². The van der Waals surface area contributed by atoms with Crippen LogP contribution in [0, 0.1) is 11.3 Å². The number of carboxylic acids is 4. The van der Waals surface area contributed by atoms with Crippen LogP contribution in [0.4, 0.5) is 52.7 Å². The maximum atomic E-state index is 10.6. The van der Waals surface area contributed by atoms with Crippen LogP contribution < -0.4 is 0 Å². The van der Waals surface area contributed by atoms with Gasteiger partial charge in [0.1, 0.15) is 0 Å². The molecule has 0 radical (unpaired) electrons. The minimum atomic E-state index is -5.08. The first-order valence-corrected chi connectivity index (χ1v) is 15.0. The van der Waals surface area contributed by atoms with Crippen molar-refractivity contribution in [2.24, 2.45) is 11.3 Å². The molecule has 312 valence electrons. The fourth-order valence-electron chi connectivity index (χ4n) is 4.92. The zero-order chi connectivity index (χ0) is 42.8. The Balaban J connectivity index is 0.000000849. The van der Waals surface area contributed by atoms with E-state index in [1.54, 1.807) is 0 Å². The number of carbonyl (C=O) groups is 4. The van der Waals surface area contributed by atoms with Crippen LogP contribution in [0.3, 0.4) is 0 Å². The van der Waals surface area contributed by atoms with E-state index in [-0.39, 0.29) is 0 Å². The molecule has 2 fully saturated rings. The van der Waals surface area contributed by atoms with Crippen molar-refractivity contribution in [3.8, 4) is 0 Å². The van der Waals surface area contributed by atoms with E-state index in [0.717, 1.165) is 39.3 Å². The molecule has 0 aromatic carbocycles. The molecule has 4 rings (SSSR count). The number of nitrogens with zero attached hydrogens (tertiary/aromatic N) is 4. The standard InChI is InChI=1S/C22H30N4O.4C2HF3O2/c1-27-17-21-16-26(15-20-5-3-9-24-13-20)18-22(21)6-10-25(11-7-22)14-19-4-2-8-23-12-19;4*3-2(4,5)1(6)7/h2-5,8-9,12-13,21H,6-7,10-11,14-18H2,1H3;4*(H,6,7). The van der Waals surface area contributed by atoms with E-state index in [0.29, 0.717) is 11.3 Å². The number of pyridine rings is 2. The summed E-state index contributed by atoms with van der Waals surface area (Å²) in [5.41, 5.74) is 3.01. The Labute approximate surface area is 303 Å². The molecule has 55 heavy (non-hydrogen) atoms. The van der Waals surface area contributed by atoms with E-state index in [1.807, 2.05) is 44.0 Å². The third kappa shape index (κ3) is 20.5. The highest BCUT2D eigenvalue weighted by Gasteiger charge is 2.48. The number of carboxylic acid groups (broad SMARTS) is 4. The van der Waals surface area contributed by atoms with Gasteiger partial charge in [0, 0.05) is 64.0 Å². The number of rotatable bonds is 6. The summed E-state index contributed by atoms with van der Waals surface area (Å²) in [5.74, 6) is -10.4. The SMILES string of the molecule is COCC1CN(Cc2cccnc2)CC12CCN(Cc1cccnc1)CC2.O=C(O)C(F)(F)F.O=C(O)C(F)(F)F.O=C(O)C(F)(F)F.O=C(O)C(F)(F)F. The van der Waals surface area contributed by atoms with Crippen LogP contribution in [0.15, 0.2) is 49.1 Å². The Kier molecular flexibility index (Phi) is 20.0. The maximum absolute atomic E-state index is 10.6. The smallest absolute Gasteiger partial charge is 0.475 e. The molecule has 1 unspecified atom stereocenters. The van der Waals surface area contributed by atoms with Gasteiger partial charge in [0.15, 0.2) is 0 Å². The van der Waals surface area contributed by atoms with Crippen LogP contribution in [-0.4, -0.2) is 129 Å². The predicted molar refractivity (Wildman–Crippen MR) is 161 cm³/mol. The Morgan fingerprint density at radius 2 is 1.00 bits per heavy atom. The van der Waals surface area contributed by atoms with E-state index in [4.69, 9.17) is 44.3 Å². The lowest BCUT2D eigenvalue weighted by Crippen LogP contribution is -2.44. The normalized spacial score (nSPS) is 17.1. The molecule has 25 heteroatoms. The van der Waals surface area contributed by atoms with Crippen molar-refractivity contribution in [1.82, 2.24) is 19.8 Å². The van der Waals surface area contributed by atoms with E-state index < -0.39 is 48.6 Å². The van der Waals surface area contributed by atoms with E-state index in [9.17, 15) is 52.7 Å². The number of hydrogen-bond acceptors (Lipinski definition) is 9. The van der Waals surface area contributed by atoms with Gasteiger partial charge in [-0.05, 0) is 54.6 Å². The third-order valence-corrected chi connectivity index (χ3v) is 7.33. The van der Waals surface area contributed by atoms with Crippen LogP contribution in [0.5, 0.6) is 0 Å². The molecule has 0 aliphatic carbocycles. The van der Waals surface area contributed by atoms with Crippen molar-refractivity contribution < 1.29 is 97.0 Å². The van der Waals surface area contributed by atoms with Gasteiger partial charge >= 0.3 is 48.6 Å². The third-order valence-electron chi connectivity index (χ3n) is 7.33. The molecule has 0 bridgehead atoms. The van der Waals surface area contributed by atoms with Crippen molar-refractivity contribution in [2.75, 3.05) is 39.9 Å². The molecule has 2 aromatic heterocycles. The lowest BCUT2D eigenvalue weighted by Gasteiger charge is -2.42. The highest BCUT2D eigenvalue weighted by Crippen LogP contribution is 2.45. The highest BCUT2D eigenvalue weighted by atomic mass is 19.4. The number of piperidine rings is 1. The zero-order valence-electron chi connectivity index (χ0n) is 28.2. The van der Waals surface area contributed by atoms with Crippen LogP contribution in [0.25, 0.3) is 0 Å². The summed E-state index contributed by atoms with van der Waals surface area (Å²) in [6, 6.07) is 8.42. The van der Waals surface area contributed by atoms with Gasteiger partial charge in [-0.1, -0.05) is 12.1 Å². The summed E-state index contributed by atoms with van der Waals surface area (Å²) in [6.45, 7) is 7.51. The number of methoxy groups -OCH3 is 1. The van der Waals surface area contributed by atoms with E-state index >= 15 is 0 Å². The van der Waals surface area contributed by atoms with Crippen LogP contribution in [-0.2, 0) is 37.0 Å². The van der Waals surface area contributed by atoms with Gasteiger partial charge in [0.05, 0.1) is 6.61 Å². The second-order valence-corrected chi connectivity index (χ2v) is 11.4. The fourth-order valence-corrected chi connectivity index (χ4v) is 4.92. The number of aromatic nitrogens is 2. The summed E-state index contributed by atoms with van der Waals surface area (Å²) < 4.78 is 133. The average molecular weight is 823 g/mol. The molecule has 4 heterocycles. The van der Waals surface area contributed by atoms with Crippen molar-refractivity contribution >= 4 is 23.9 Å². The minimum absolute atomic E-state index is 0.393. The van der Waals surface area contributed by atoms with E-state index in [2.05, 4.69) is 31.9 Å². The van der Waals surface area contributed by atoms with Gasteiger partial charge in [-0.3, -0.25) is 19.8 Å². The Hall–Kier alpha value is -4.78. The number of halogens is 12. The highest BCUT2D eigenvalue weighted by molar-refractivity contribution is 5.74. The molecule has 0 saturated carbocycles. The van der Waals surface area contributed by atoms with Crippen LogP contribution in [0.1, 0.15) is 24.0 Å². The number of likely N-dealkylation sites (tertiary alicyclic amines) is 2. The molecular formula is C30H34F12N4O9. The Morgan fingerprint density at radius 1 is 0.673 bits per heavy atom. The second kappa shape index (κ2) is 21.9. The molecule has 4 N–H and O–H groups in total. The number of alkyl halides is 12. The summed E-state index contributed by atoms with van der Waals surface area (Å²) in [7, 11) is 1.84. The van der Waals surface area contributed by atoms with Crippen molar-refractivity contribution in [3.05, 3.63) is 60.2 Å². The zero-order valence-corrected chi connectivity index (χ0v) is 28.2. The van der Waals surface area contributed by atoms with Crippen LogP contribution >= 0.6 is 0 Å². The quantitative estimate of drug-likeness (QED) is 0.273. The average Bonchev–Trinajstić information content (AvgIpc) is 3.38. The molecule has 0 amide bonds. The molecule has 2 aliphatic rings. The van der Waals surface area contributed by atoms with Crippen molar-refractivity contribution in [3.63, 3.8) is 0 Å². The summed E-state index contributed by atoms with van der Waals surface area (Å²) >= 11 is 0. The van der Waals surface area contributed by atoms with Gasteiger partial charge in [0.2, 0.25) is 0 Å². The summed E-state index contributed by atoms with van der Waals surface area (Å²) in [6.07, 6.45) is -10.1. The summed E-state index contributed by atoms with van der Waals surface area (Å²) in [5, 5.41) is 28.5. The van der Waals surface area contributed by atoms with Gasteiger partial charge < -0.3 is 25.2 Å². The first-order valence-electron chi connectivity index (χ1n) is 15.0. The van der Waals surface area contributed by atoms with Crippen LogP contribution in [0.2, 0.25) is 0 Å². The molecule has 1 atom stereocenters. The number of aliphatic carboxylic acids is 4. The molecule has 2 aromatic rings. The topological polar surface area (TPSA) is 191 Å². The fraction of sp³-hybridized carbons (Fsp3) is 0.533. The molecule has 2 aliphatic heterocycles. The number of hydrogen-bond donors (Lipinski definition) is 4. The maximum Gasteiger partial charge on any atom is 0.490 e. The summed E-state index contributed by atoms with van der Waals surface area (Å²) in [4.78, 5) is 49.3. The largest absolute Gasteiger partial charge is 0.490 e. The molecular weight excluding hydrogens is 788 g/mol. The van der Waals surface area contributed by atoms with Crippen molar-refractivity contribution in [2.45, 2.75) is 50.6 Å². The van der Waals surface area contributed by atoms with Gasteiger partial charge in [0.25, 0.3) is 0 Å². The van der Waals surface area contributed by atoms with Crippen molar-refractivity contribution in [1.29, 1.82) is 0 Å². The molecule has 13 nitrogen and oxygen atoms in total. The van der Waals surface area contributed by atoms with Gasteiger partial charge in [-0.25, -0.2) is 19.2 Å². The first-order chi connectivity index (χ1) is 25.0. The first kappa shape index (κ1) is 50.2. The minimum Gasteiger partial charge on any atom is -0.475 e. The lowest BCUT2D eigenvalue weighted by molar-refractivity contribution is -0.193.